The maximum Gasteiger partial charge on any atom is 0.242 e. The van der Waals surface area contributed by atoms with Crippen molar-refractivity contribution in [3.8, 4) is 5.75 Å². The SMILES string of the molecule is CCOc1ccc(S(=O)(=O)N(C)C)cc1NC(=O)CCN.Cl. The van der Waals surface area contributed by atoms with E-state index in [0.717, 1.165) is 4.31 Å². The van der Waals surface area contributed by atoms with Crippen LogP contribution < -0.4 is 15.8 Å². The highest BCUT2D eigenvalue weighted by Crippen LogP contribution is 2.28. The van der Waals surface area contributed by atoms with Gasteiger partial charge < -0.3 is 15.8 Å². The monoisotopic (exact) mass is 351 g/mol. The summed E-state index contributed by atoms with van der Waals surface area (Å²) in [5.74, 6) is 0.124. The molecule has 0 saturated carbocycles. The number of hydrogen-bond acceptors (Lipinski definition) is 5. The van der Waals surface area contributed by atoms with Crippen LogP contribution in [0.3, 0.4) is 0 Å². The summed E-state index contributed by atoms with van der Waals surface area (Å²) in [6, 6.07) is 4.35. The highest BCUT2D eigenvalue weighted by atomic mass is 35.5. The molecule has 0 aliphatic carbocycles. The second-order valence-electron chi connectivity index (χ2n) is 4.47. The van der Waals surface area contributed by atoms with E-state index in [1.54, 1.807) is 6.92 Å². The van der Waals surface area contributed by atoms with Crippen LogP contribution in [0.5, 0.6) is 5.75 Å². The zero-order valence-electron chi connectivity index (χ0n) is 12.8. The number of sulfonamides is 1. The van der Waals surface area contributed by atoms with Gasteiger partial charge in [0.1, 0.15) is 5.75 Å². The van der Waals surface area contributed by atoms with E-state index in [1.165, 1.54) is 32.3 Å². The molecule has 0 aliphatic heterocycles. The Morgan fingerprint density at radius 3 is 2.50 bits per heavy atom. The van der Waals surface area contributed by atoms with Crippen molar-refractivity contribution in [1.82, 2.24) is 4.31 Å². The molecular weight excluding hydrogens is 330 g/mol. The Balaban J connectivity index is 0.00000441. The number of carbonyl (C=O) groups excluding carboxylic acids is 1. The Bertz CT molecular complexity index is 605. The van der Waals surface area contributed by atoms with E-state index in [0.29, 0.717) is 18.0 Å². The van der Waals surface area contributed by atoms with Crippen LogP contribution in [0.25, 0.3) is 0 Å². The largest absolute Gasteiger partial charge is 0.492 e. The van der Waals surface area contributed by atoms with Crippen molar-refractivity contribution in [2.75, 3.05) is 32.6 Å². The summed E-state index contributed by atoms with van der Waals surface area (Å²) in [5.41, 5.74) is 5.64. The molecule has 0 atom stereocenters. The molecule has 0 spiro atoms. The summed E-state index contributed by atoms with van der Waals surface area (Å²) in [7, 11) is -0.692. The smallest absolute Gasteiger partial charge is 0.242 e. The molecule has 0 radical (unpaired) electrons. The van der Waals surface area contributed by atoms with Crippen molar-refractivity contribution < 1.29 is 17.9 Å². The minimum Gasteiger partial charge on any atom is -0.492 e. The number of nitrogens with two attached hydrogens (primary N) is 1. The molecule has 22 heavy (non-hydrogen) atoms. The van der Waals surface area contributed by atoms with Crippen LogP contribution in [0.4, 0.5) is 5.69 Å². The molecule has 0 aromatic heterocycles. The van der Waals surface area contributed by atoms with E-state index < -0.39 is 10.0 Å². The molecule has 126 valence electrons. The van der Waals surface area contributed by atoms with Gasteiger partial charge in [0.05, 0.1) is 17.2 Å². The van der Waals surface area contributed by atoms with E-state index in [4.69, 9.17) is 10.5 Å². The second kappa shape index (κ2) is 8.94. The molecule has 3 N–H and O–H groups in total. The van der Waals surface area contributed by atoms with Crippen molar-refractivity contribution in [3.05, 3.63) is 18.2 Å². The zero-order valence-corrected chi connectivity index (χ0v) is 14.5. The van der Waals surface area contributed by atoms with Crippen LogP contribution in [-0.4, -0.2) is 45.9 Å². The number of amides is 1. The predicted molar refractivity (Wildman–Crippen MR) is 88.0 cm³/mol. The molecular formula is C13H22ClN3O4S. The van der Waals surface area contributed by atoms with Gasteiger partial charge in [-0.05, 0) is 25.1 Å². The first-order chi connectivity index (χ1) is 9.82. The van der Waals surface area contributed by atoms with Gasteiger partial charge in [-0.1, -0.05) is 0 Å². The maximum absolute atomic E-state index is 12.1. The molecule has 0 unspecified atom stereocenters. The number of benzene rings is 1. The summed E-state index contributed by atoms with van der Waals surface area (Å²) in [5, 5.41) is 2.62. The number of nitrogens with zero attached hydrogens (tertiary/aromatic N) is 1. The van der Waals surface area contributed by atoms with E-state index in [2.05, 4.69) is 5.32 Å². The first-order valence-corrected chi connectivity index (χ1v) is 7.96. The van der Waals surface area contributed by atoms with E-state index in [-0.39, 0.29) is 36.2 Å². The quantitative estimate of drug-likeness (QED) is 0.764. The van der Waals surface area contributed by atoms with Gasteiger partial charge in [-0.25, -0.2) is 12.7 Å². The third-order valence-corrected chi connectivity index (χ3v) is 4.49. The van der Waals surface area contributed by atoms with Gasteiger partial charge >= 0.3 is 0 Å². The van der Waals surface area contributed by atoms with E-state index >= 15 is 0 Å². The zero-order chi connectivity index (χ0) is 16.0. The summed E-state index contributed by atoms with van der Waals surface area (Å²) in [6.45, 7) is 2.42. The molecule has 0 heterocycles. The Morgan fingerprint density at radius 2 is 2.00 bits per heavy atom. The Kier molecular flexibility index (Phi) is 8.39. The normalized spacial score (nSPS) is 11.0. The molecule has 1 amide bonds. The van der Waals surface area contributed by atoms with Gasteiger partial charge in [-0.2, -0.15) is 0 Å². The standard InChI is InChI=1S/C13H21N3O4S.ClH/c1-4-20-12-6-5-10(21(18,19)16(2)3)9-11(12)15-13(17)7-8-14;/h5-6,9H,4,7-8,14H2,1-3H3,(H,15,17);1H. The van der Waals surface area contributed by atoms with Crippen LogP contribution in [0, 0.1) is 0 Å². The molecule has 0 aliphatic rings. The van der Waals surface area contributed by atoms with Crippen molar-refractivity contribution in [3.63, 3.8) is 0 Å². The number of hydrogen-bond donors (Lipinski definition) is 2. The van der Waals surface area contributed by atoms with Crippen molar-refractivity contribution in [2.45, 2.75) is 18.2 Å². The van der Waals surface area contributed by atoms with E-state index in [1.807, 2.05) is 0 Å². The molecule has 1 rings (SSSR count). The number of halogens is 1. The third-order valence-electron chi connectivity index (χ3n) is 2.67. The van der Waals surface area contributed by atoms with Crippen LogP contribution in [0.2, 0.25) is 0 Å². The van der Waals surface area contributed by atoms with Gasteiger partial charge in [-0.3, -0.25) is 4.79 Å². The number of carbonyl (C=O) groups is 1. The van der Waals surface area contributed by atoms with Crippen molar-refractivity contribution in [2.24, 2.45) is 5.73 Å². The van der Waals surface area contributed by atoms with Gasteiger partial charge in [0.2, 0.25) is 15.9 Å². The highest BCUT2D eigenvalue weighted by molar-refractivity contribution is 7.89. The fourth-order valence-electron chi connectivity index (χ4n) is 1.60. The van der Waals surface area contributed by atoms with E-state index in [9.17, 15) is 13.2 Å². The first kappa shape index (κ1) is 20.6. The lowest BCUT2D eigenvalue weighted by atomic mass is 10.2. The lowest BCUT2D eigenvalue weighted by Gasteiger charge is -2.15. The Labute approximate surface area is 137 Å². The Hall–Kier alpha value is -1.35. The second-order valence-corrected chi connectivity index (χ2v) is 6.62. The molecule has 9 heteroatoms. The summed E-state index contributed by atoms with van der Waals surface area (Å²) in [6.07, 6.45) is 0.149. The van der Waals surface area contributed by atoms with Crippen molar-refractivity contribution in [1.29, 1.82) is 0 Å². The number of rotatable bonds is 7. The lowest BCUT2D eigenvalue weighted by Crippen LogP contribution is -2.23. The number of ether oxygens (including phenoxy) is 1. The molecule has 0 saturated heterocycles. The average Bonchev–Trinajstić information content (AvgIpc) is 2.40. The fraction of sp³-hybridized carbons (Fsp3) is 0.462. The summed E-state index contributed by atoms with van der Waals surface area (Å²) < 4.78 is 30.7. The fourth-order valence-corrected chi connectivity index (χ4v) is 2.53. The van der Waals surface area contributed by atoms with Gasteiger partial charge in [0.15, 0.2) is 0 Å². The molecule has 0 fully saturated rings. The van der Waals surface area contributed by atoms with Crippen LogP contribution in [-0.2, 0) is 14.8 Å². The lowest BCUT2D eigenvalue weighted by molar-refractivity contribution is -0.116. The Morgan fingerprint density at radius 1 is 1.36 bits per heavy atom. The first-order valence-electron chi connectivity index (χ1n) is 6.52. The maximum atomic E-state index is 12.1. The van der Waals surface area contributed by atoms with Crippen molar-refractivity contribution >= 4 is 34.0 Å². The minimum atomic E-state index is -3.58. The third kappa shape index (κ3) is 5.13. The number of nitrogens with one attached hydrogen (secondary N) is 1. The molecule has 0 bridgehead atoms. The summed E-state index contributed by atoms with van der Waals surface area (Å²) >= 11 is 0. The average molecular weight is 352 g/mol. The van der Waals surface area contributed by atoms with Gasteiger partial charge in [0, 0.05) is 27.1 Å². The topological polar surface area (TPSA) is 102 Å². The van der Waals surface area contributed by atoms with Gasteiger partial charge in [0.25, 0.3) is 0 Å². The minimum absolute atomic E-state index is 0. The molecule has 1 aromatic carbocycles. The number of anilines is 1. The van der Waals surface area contributed by atoms with Crippen LogP contribution in [0.15, 0.2) is 23.1 Å². The molecule has 1 aromatic rings. The van der Waals surface area contributed by atoms with Crippen LogP contribution in [0.1, 0.15) is 13.3 Å². The van der Waals surface area contributed by atoms with Gasteiger partial charge in [-0.15, -0.1) is 12.4 Å². The highest BCUT2D eigenvalue weighted by Gasteiger charge is 2.19. The predicted octanol–water partition coefficient (Wildman–Crippen LogP) is 1.04. The molecule has 7 nitrogen and oxygen atoms in total. The summed E-state index contributed by atoms with van der Waals surface area (Å²) in [4.78, 5) is 11.7. The van der Waals surface area contributed by atoms with Crippen LogP contribution >= 0.6 is 12.4 Å².